The number of likely N-dealkylation sites (N-methyl/N-ethyl adjacent to an activating group) is 1. The molecular weight excluding hydrogens is 390 g/mol. The Labute approximate surface area is 183 Å². The van der Waals surface area contributed by atoms with Crippen LogP contribution in [0, 0.1) is 0 Å². The Morgan fingerprint density at radius 1 is 1.03 bits per heavy atom. The number of unbranched alkanes of at least 4 members (excludes halogenated alkanes) is 1. The first kappa shape index (κ1) is 22.2. The number of urea groups is 1. The van der Waals surface area contributed by atoms with Crippen molar-refractivity contribution in [3.8, 4) is 16.9 Å². The average molecular weight is 421 g/mol. The summed E-state index contributed by atoms with van der Waals surface area (Å²) in [7, 11) is 1.93. The number of imide groups is 1. The minimum Gasteiger partial charge on any atom is -0.338 e. The number of amides is 3. The average Bonchev–Trinajstić information content (AvgIpc) is 3.18. The molecule has 0 spiro atoms. The van der Waals surface area contributed by atoms with E-state index in [0.717, 1.165) is 40.2 Å². The minimum absolute atomic E-state index is 0.186. The largest absolute Gasteiger partial charge is 0.338 e. The quantitative estimate of drug-likeness (QED) is 0.464. The summed E-state index contributed by atoms with van der Waals surface area (Å²) in [5.41, 5.74) is 3.93. The maximum Gasteiger partial charge on any atom is 0.321 e. The molecule has 7 nitrogen and oxygen atoms in total. The highest BCUT2D eigenvalue weighted by Crippen LogP contribution is 2.23. The number of nitrogens with one attached hydrogen (secondary N) is 3. The second-order valence-corrected chi connectivity index (χ2v) is 7.62. The SMILES string of the molecule is CCCCNC(=O)NC(=O)C[NH+](C)Cc1cn(-c2ccccc2)nc1-c1ccccc1. The van der Waals surface area contributed by atoms with Crippen LogP contribution in [0.4, 0.5) is 4.79 Å². The second-order valence-electron chi connectivity index (χ2n) is 7.62. The number of nitrogens with zero attached hydrogens (tertiary/aromatic N) is 2. The van der Waals surface area contributed by atoms with Crippen molar-refractivity contribution < 1.29 is 14.5 Å². The number of hydrogen-bond acceptors (Lipinski definition) is 3. The molecule has 3 aromatic rings. The maximum atomic E-state index is 12.3. The fraction of sp³-hybridized carbons (Fsp3) is 0.292. The summed E-state index contributed by atoms with van der Waals surface area (Å²) in [4.78, 5) is 25.0. The van der Waals surface area contributed by atoms with E-state index in [9.17, 15) is 9.59 Å². The van der Waals surface area contributed by atoms with Crippen LogP contribution in [0.5, 0.6) is 0 Å². The van der Waals surface area contributed by atoms with Crippen LogP contribution >= 0.6 is 0 Å². The van der Waals surface area contributed by atoms with Gasteiger partial charge in [0.15, 0.2) is 6.54 Å². The third-order valence-electron chi connectivity index (χ3n) is 4.88. The van der Waals surface area contributed by atoms with Crippen LogP contribution in [0.2, 0.25) is 0 Å². The van der Waals surface area contributed by atoms with Gasteiger partial charge < -0.3 is 10.2 Å². The third-order valence-corrected chi connectivity index (χ3v) is 4.88. The molecule has 3 rings (SSSR count). The molecule has 1 atom stereocenters. The van der Waals surface area contributed by atoms with Gasteiger partial charge in [-0.2, -0.15) is 5.10 Å². The van der Waals surface area contributed by atoms with Crippen LogP contribution in [0.3, 0.4) is 0 Å². The van der Waals surface area contributed by atoms with E-state index in [1.54, 1.807) is 0 Å². The van der Waals surface area contributed by atoms with Crippen LogP contribution < -0.4 is 15.5 Å². The molecule has 0 aliphatic rings. The van der Waals surface area contributed by atoms with Crippen molar-refractivity contribution in [1.82, 2.24) is 20.4 Å². The third kappa shape index (κ3) is 6.52. The van der Waals surface area contributed by atoms with Gasteiger partial charge in [0.25, 0.3) is 5.91 Å². The van der Waals surface area contributed by atoms with E-state index in [-0.39, 0.29) is 12.5 Å². The fourth-order valence-corrected chi connectivity index (χ4v) is 3.35. The second kappa shape index (κ2) is 11.1. The lowest BCUT2D eigenvalue weighted by molar-refractivity contribution is -0.885. The lowest BCUT2D eigenvalue weighted by atomic mass is 10.1. The molecule has 162 valence electrons. The molecule has 0 radical (unpaired) electrons. The van der Waals surface area contributed by atoms with Crippen molar-refractivity contribution in [2.75, 3.05) is 20.1 Å². The first-order valence-electron chi connectivity index (χ1n) is 10.6. The van der Waals surface area contributed by atoms with Gasteiger partial charge >= 0.3 is 6.03 Å². The van der Waals surface area contributed by atoms with Gasteiger partial charge in [-0.15, -0.1) is 0 Å². The molecule has 2 aromatic carbocycles. The Hall–Kier alpha value is -3.45. The van der Waals surface area contributed by atoms with Gasteiger partial charge in [-0.05, 0) is 18.6 Å². The highest BCUT2D eigenvalue weighted by Gasteiger charge is 2.18. The summed E-state index contributed by atoms with van der Waals surface area (Å²) in [6.45, 7) is 3.40. The molecule has 1 unspecified atom stereocenters. The number of rotatable bonds is 9. The van der Waals surface area contributed by atoms with Gasteiger partial charge in [-0.1, -0.05) is 61.9 Å². The van der Waals surface area contributed by atoms with Crippen molar-refractivity contribution in [3.05, 3.63) is 72.4 Å². The maximum absolute atomic E-state index is 12.3. The van der Waals surface area contributed by atoms with Crippen molar-refractivity contribution in [1.29, 1.82) is 0 Å². The predicted octanol–water partition coefficient (Wildman–Crippen LogP) is 2.18. The molecule has 0 aliphatic carbocycles. The van der Waals surface area contributed by atoms with E-state index in [1.165, 1.54) is 0 Å². The predicted molar refractivity (Wildman–Crippen MR) is 121 cm³/mol. The number of benzene rings is 2. The summed E-state index contributed by atoms with van der Waals surface area (Å²) >= 11 is 0. The van der Waals surface area contributed by atoms with E-state index in [4.69, 9.17) is 5.10 Å². The standard InChI is InChI=1S/C24H29N5O2/c1-3-4-15-25-24(31)26-22(30)18-28(2)16-20-17-29(21-13-9-6-10-14-21)27-23(20)19-11-7-5-8-12-19/h5-14,17H,3-4,15-16,18H2,1-2H3,(H2,25,26,30,31)/p+1. The van der Waals surface area contributed by atoms with Gasteiger partial charge in [0.2, 0.25) is 0 Å². The molecule has 0 aliphatic heterocycles. The van der Waals surface area contributed by atoms with E-state index >= 15 is 0 Å². The van der Waals surface area contributed by atoms with Crippen LogP contribution in [0.15, 0.2) is 66.9 Å². The summed E-state index contributed by atoms with van der Waals surface area (Å²) in [5.74, 6) is -0.303. The number of para-hydroxylation sites is 1. The molecule has 31 heavy (non-hydrogen) atoms. The topological polar surface area (TPSA) is 80.5 Å². The summed E-state index contributed by atoms with van der Waals surface area (Å²) in [6.07, 6.45) is 3.89. The lowest BCUT2D eigenvalue weighted by Gasteiger charge is -2.13. The smallest absolute Gasteiger partial charge is 0.321 e. The van der Waals surface area contributed by atoms with E-state index in [0.29, 0.717) is 13.1 Å². The molecule has 0 fully saturated rings. The van der Waals surface area contributed by atoms with Crippen LogP contribution in [0.25, 0.3) is 16.9 Å². The van der Waals surface area contributed by atoms with Gasteiger partial charge in [0.05, 0.1) is 18.3 Å². The van der Waals surface area contributed by atoms with Gasteiger partial charge in [-0.25, -0.2) is 9.48 Å². The number of carbonyl (C=O) groups is 2. The number of aromatic nitrogens is 2. The van der Waals surface area contributed by atoms with E-state index < -0.39 is 6.03 Å². The summed E-state index contributed by atoms with van der Waals surface area (Å²) in [6, 6.07) is 19.5. The first-order chi connectivity index (χ1) is 15.1. The number of quaternary nitrogens is 1. The van der Waals surface area contributed by atoms with Crippen LogP contribution in [-0.2, 0) is 11.3 Å². The molecule has 1 aromatic heterocycles. The minimum atomic E-state index is -0.437. The Morgan fingerprint density at radius 3 is 2.39 bits per heavy atom. The van der Waals surface area contributed by atoms with Gasteiger partial charge in [0.1, 0.15) is 12.2 Å². The number of carbonyl (C=O) groups excluding carboxylic acids is 2. The zero-order valence-electron chi connectivity index (χ0n) is 18.1. The van der Waals surface area contributed by atoms with Crippen molar-refractivity contribution in [2.45, 2.75) is 26.3 Å². The highest BCUT2D eigenvalue weighted by atomic mass is 16.2. The van der Waals surface area contributed by atoms with E-state index in [1.807, 2.05) is 85.5 Å². The molecule has 3 amide bonds. The first-order valence-corrected chi connectivity index (χ1v) is 10.6. The molecular formula is C24H30N5O2+. The number of hydrogen-bond donors (Lipinski definition) is 3. The van der Waals surface area contributed by atoms with Gasteiger partial charge in [-0.3, -0.25) is 10.1 Å². The highest BCUT2D eigenvalue weighted by molar-refractivity contribution is 5.94. The fourth-order valence-electron chi connectivity index (χ4n) is 3.35. The lowest BCUT2D eigenvalue weighted by Crippen LogP contribution is -3.09. The van der Waals surface area contributed by atoms with Crippen LogP contribution in [0.1, 0.15) is 25.3 Å². The normalized spacial score (nSPS) is 11.7. The molecule has 0 saturated carbocycles. The zero-order chi connectivity index (χ0) is 22.1. The van der Waals surface area contributed by atoms with Crippen molar-refractivity contribution >= 4 is 11.9 Å². The van der Waals surface area contributed by atoms with Crippen LogP contribution in [-0.4, -0.2) is 41.9 Å². The summed E-state index contributed by atoms with van der Waals surface area (Å²) in [5, 5.41) is 9.91. The van der Waals surface area contributed by atoms with Gasteiger partial charge in [0, 0.05) is 18.3 Å². The Kier molecular flexibility index (Phi) is 7.95. The Balaban J connectivity index is 1.70. The van der Waals surface area contributed by atoms with Crippen molar-refractivity contribution in [3.63, 3.8) is 0 Å². The van der Waals surface area contributed by atoms with E-state index in [2.05, 4.69) is 10.6 Å². The Bertz CT molecular complexity index is 986. The molecule has 3 N–H and O–H groups in total. The Morgan fingerprint density at radius 2 is 1.71 bits per heavy atom. The summed E-state index contributed by atoms with van der Waals surface area (Å²) < 4.78 is 1.87. The molecule has 0 saturated heterocycles. The molecule has 7 heteroatoms. The zero-order valence-corrected chi connectivity index (χ0v) is 18.1. The molecule has 1 heterocycles. The van der Waals surface area contributed by atoms with Crippen molar-refractivity contribution in [2.24, 2.45) is 0 Å². The monoisotopic (exact) mass is 420 g/mol. The molecule has 0 bridgehead atoms.